The molecule has 0 aromatic heterocycles. The Morgan fingerprint density at radius 2 is 2.14 bits per heavy atom. The highest BCUT2D eigenvalue weighted by Crippen LogP contribution is 2.21. The van der Waals surface area contributed by atoms with E-state index in [2.05, 4.69) is 29.4 Å². The lowest BCUT2D eigenvalue weighted by atomic mass is 10.1. The number of carbonyl (C=O) groups is 1. The average Bonchev–Trinajstić information content (AvgIpc) is 2.90. The van der Waals surface area contributed by atoms with Crippen LogP contribution in [0.4, 0.5) is 4.39 Å². The number of likely N-dealkylation sites (tertiary alicyclic amines) is 1. The lowest BCUT2D eigenvalue weighted by Gasteiger charge is -2.26. The first kappa shape index (κ1) is 15.9. The number of nitrogens with one attached hydrogen (secondary N) is 2. The molecule has 0 spiro atoms. The van der Waals surface area contributed by atoms with E-state index in [1.165, 1.54) is 6.07 Å². The molecule has 2 atom stereocenters. The molecule has 5 heteroatoms. The topological polar surface area (TPSA) is 44.4 Å². The molecule has 0 saturated carbocycles. The van der Waals surface area contributed by atoms with Gasteiger partial charge in [-0.1, -0.05) is 18.2 Å². The van der Waals surface area contributed by atoms with Gasteiger partial charge in [-0.2, -0.15) is 0 Å². The van der Waals surface area contributed by atoms with E-state index in [0.717, 1.165) is 13.0 Å². The zero-order chi connectivity index (χ0) is 15.4. The summed E-state index contributed by atoms with van der Waals surface area (Å²) in [7, 11) is 1.67. The van der Waals surface area contributed by atoms with E-state index >= 15 is 0 Å². The summed E-state index contributed by atoms with van der Waals surface area (Å²) in [5, 5.41) is 6.10. The smallest absolute Gasteiger partial charge is 0.237 e. The molecule has 1 aromatic rings. The minimum Gasteiger partial charge on any atom is -0.358 e. The van der Waals surface area contributed by atoms with Gasteiger partial charge in [0.2, 0.25) is 5.91 Å². The molecule has 21 heavy (non-hydrogen) atoms. The van der Waals surface area contributed by atoms with Crippen LogP contribution in [0.15, 0.2) is 24.3 Å². The Hall–Kier alpha value is -1.46. The minimum atomic E-state index is -0.188. The van der Waals surface area contributed by atoms with E-state index in [4.69, 9.17) is 0 Å². The van der Waals surface area contributed by atoms with E-state index in [1.54, 1.807) is 19.2 Å². The van der Waals surface area contributed by atoms with Crippen molar-refractivity contribution in [3.8, 4) is 0 Å². The van der Waals surface area contributed by atoms with Crippen LogP contribution < -0.4 is 10.6 Å². The molecule has 1 fully saturated rings. The summed E-state index contributed by atoms with van der Waals surface area (Å²) in [5.74, 6) is -0.134. The Balaban J connectivity index is 1.96. The van der Waals surface area contributed by atoms with Gasteiger partial charge in [-0.25, -0.2) is 4.39 Å². The zero-order valence-corrected chi connectivity index (χ0v) is 12.9. The first-order chi connectivity index (χ1) is 10.0. The lowest BCUT2D eigenvalue weighted by Crippen LogP contribution is -2.45. The lowest BCUT2D eigenvalue weighted by molar-refractivity contribution is -0.125. The average molecular weight is 293 g/mol. The highest BCUT2D eigenvalue weighted by atomic mass is 19.1. The molecule has 1 aliphatic heterocycles. The van der Waals surface area contributed by atoms with Crippen molar-refractivity contribution in [2.45, 2.75) is 44.9 Å². The number of benzene rings is 1. The summed E-state index contributed by atoms with van der Waals surface area (Å²) < 4.78 is 13.6. The van der Waals surface area contributed by atoms with Crippen LogP contribution in [0.1, 0.15) is 25.8 Å². The fraction of sp³-hybridized carbons (Fsp3) is 0.562. The molecule has 1 aromatic carbocycles. The Bertz CT molecular complexity index is 492. The van der Waals surface area contributed by atoms with Gasteiger partial charge in [0.05, 0.1) is 6.04 Å². The fourth-order valence-electron chi connectivity index (χ4n) is 2.90. The molecule has 1 aliphatic rings. The van der Waals surface area contributed by atoms with Crippen LogP contribution in [0.25, 0.3) is 0 Å². The number of rotatable bonds is 5. The van der Waals surface area contributed by atoms with Crippen molar-refractivity contribution in [2.75, 3.05) is 13.6 Å². The van der Waals surface area contributed by atoms with Crippen molar-refractivity contribution in [2.24, 2.45) is 0 Å². The van der Waals surface area contributed by atoms with Gasteiger partial charge in [0.1, 0.15) is 5.82 Å². The Kier molecular flexibility index (Phi) is 5.31. The molecule has 0 aliphatic carbocycles. The highest BCUT2D eigenvalue weighted by molar-refractivity contribution is 5.81. The Morgan fingerprint density at radius 3 is 2.76 bits per heavy atom. The normalized spacial score (nSPS) is 22.7. The summed E-state index contributed by atoms with van der Waals surface area (Å²) in [6, 6.07) is 7.20. The second kappa shape index (κ2) is 7.00. The van der Waals surface area contributed by atoms with Crippen LogP contribution >= 0.6 is 0 Å². The third kappa shape index (κ3) is 3.80. The second-order valence-electron chi connectivity index (χ2n) is 5.83. The van der Waals surface area contributed by atoms with E-state index in [-0.39, 0.29) is 23.8 Å². The van der Waals surface area contributed by atoms with Crippen molar-refractivity contribution in [1.29, 1.82) is 0 Å². The largest absolute Gasteiger partial charge is 0.358 e. The van der Waals surface area contributed by atoms with Gasteiger partial charge in [0.25, 0.3) is 0 Å². The van der Waals surface area contributed by atoms with Crippen LogP contribution in [0.3, 0.4) is 0 Å². The molecule has 4 nitrogen and oxygen atoms in total. The molecule has 1 amide bonds. The molecular formula is C16H24FN3O. The summed E-state index contributed by atoms with van der Waals surface area (Å²) in [6.07, 6.45) is 0.756. The number of amides is 1. The van der Waals surface area contributed by atoms with Crippen LogP contribution in [-0.2, 0) is 11.3 Å². The van der Waals surface area contributed by atoms with E-state index in [1.807, 2.05) is 6.07 Å². The van der Waals surface area contributed by atoms with Gasteiger partial charge < -0.3 is 10.6 Å². The summed E-state index contributed by atoms with van der Waals surface area (Å²) >= 11 is 0. The van der Waals surface area contributed by atoms with Crippen molar-refractivity contribution >= 4 is 5.91 Å². The van der Waals surface area contributed by atoms with Gasteiger partial charge in [0.15, 0.2) is 0 Å². The molecular weight excluding hydrogens is 269 g/mol. The third-order valence-electron chi connectivity index (χ3n) is 4.09. The number of carbonyl (C=O) groups excluding carboxylic acids is 1. The number of hydrogen-bond donors (Lipinski definition) is 2. The monoisotopic (exact) mass is 293 g/mol. The highest BCUT2D eigenvalue weighted by Gasteiger charge is 2.37. The maximum absolute atomic E-state index is 13.6. The number of nitrogens with zero attached hydrogens (tertiary/aromatic N) is 1. The van der Waals surface area contributed by atoms with Crippen LogP contribution in [0.5, 0.6) is 0 Å². The van der Waals surface area contributed by atoms with Crippen LogP contribution in [-0.4, -0.2) is 42.5 Å². The first-order valence-electron chi connectivity index (χ1n) is 7.47. The van der Waals surface area contributed by atoms with E-state index in [9.17, 15) is 9.18 Å². The summed E-state index contributed by atoms with van der Waals surface area (Å²) in [4.78, 5) is 14.2. The second-order valence-corrected chi connectivity index (χ2v) is 5.83. The molecule has 0 unspecified atom stereocenters. The van der Waals surface area contributed by atoms with Gasteiger partial charge in [0, 0.05) is 37.8 Å². The first-order valence-corrected chi connectivity index (χ1v) is 7.47. The molecule has 0 radical (unpaired) electrons. The van der Waals surface area contributed by atoms with Gasteiger partial charge in [-0.3, -0.25) is 9.69 Å². The maximum Gasteiger partial charge on any atom is 0.237 e. The van der Waals surface area contributed by atoms with E-state index in [0.29, 0.717) is 18.2 Å². The molecule has 2 N–H and O–H groups in total. The van der Waals surface area contributed by atoms with Gasteiger partial charge in [-0.15, -0.1) is 0 Å². The van der Waals surface area contributed by atoms with Gasteiger partial charge in [-0.05, 0) is 26.3 Å². The third-order valence-corrected chi connectivity index (χ3v) is 4.09. The summed E-state index contributed by atoms with van der Waals surface area (Å²) in [5.41, 5.74) is 0.664. The Morgan fingerprint density at radius 1 is 1.43 bits per heavy atom. The molecule has 1 saturated heterocycles. The molecule has 2 rings (SSSR count). The standard InChI is InChI=1S/C16H24FN3O/c1-11(2)20-10-13(8-15(20)16(21)18-3)19-9-12-6-4-5-7-14(12)17/h4-7,11,13,15,19H,8-10H2,1-3H3,(H,18,21)/t13-,15+/m1/s1. The SMILES string of the molecule is CNC(=O)[C@@H]1C[C@@H](NCc2ccccc2F)CN1C(C)C. The number of halogens is 1. The van der Waals surface area contributed by atoms with Crippen molar-refractivity contribution in [3.05, 3.63) is 35.6 Å². The molecule has 116 valence electrons. The quantitative estimate of drug-likeness (QED) is 0.865. The maximum atomic E-state index is 13.6. The van der Waals surface area contributed by atoms with Crippen molar-refractivity contribution < 1.29 is 9.18 Å². The predicted molar refractivity (Wildman–Crippen MR) is 81.3 cm³/mol. The van der Waals surface area contributed by atoms with Crippen molar-refractivity contribution in [1.82, 2.24) is 15.5 Å². The van der Waals surface area contributed by atoms with Crippen LogP contribution in [0, 0.1) is 5.82 Å². The number of likely N-dealkylation sites (N-methyl/N-ethyl adjacent to an activating group) is 1. The molecule has 1 heterocycles. The molecule has 0 bridgehead atoms. The van der Waals surface area contributed by atoms with Gasteiger partial charge >= 0.3 is 0 Å². The fourth-order valence-corrected chi connectivity index (χ4v) is 2.90. The predicted octanol–water partition coefficient (Wildman–Crippen LogP) is 1.51. The number of hydrogen-bond acceptors (Lipinski definition) is 3. The van der Waals surface area contributed by atoms with E-state index < -0.39 is 0 Å². The Labute approximate surface area is 125 Å². The zero-order valence-electron chi connectivity index (χ0n) is 12.9. The summed E-state index contributed by atoms with van der Waals surface area (Å²) in [6.45, 7) is 5.48. The van der Waals surface area contributed by atoms with Crippen LogP contribution in [0.2, 0.25) is 0 Å². The van der Waals surface area contributed by atoms with Crippen molar-refractivity contribution in [3.63, 3.8) is 0 Å². The minimum absolute atomic E-state index is 0.0545.